The van der Waals surface area contributed by atoms with Crippen LogP contribution in [-0.4, -0.2) is 22.2 Å². The lowest BCUT2D eigenvalue weighted by Crippen LogP contribution is -2.00. The number of carbonyl (C=O) groups is 2. The summed E-state index contributed by atoms with van der Waals surface area (Å²) in [5.41, 5.74) is 22.3. The highest BCUT2D eigenvalue weighted by atomic mass is 16.4. The first-order valence-electron chi connectivity index (χ1n) is 20.4. The van der Waals surface area contributed by atoms with Crippen LogP contribution in [0.4, 0.5) is 0 Å². The number of rotatable bonds is 11. The summed E-state index contributed by atoms with van der Waals surface area (Å²) >= 11 is 0. The lowest BCUT2D eigenvalue weighted by atomic mass is 9.91. The topological polar surface area (TPSA) is 74.6 Å². The Balaban J connectivity index is 0.000000177. The minimum atomic E-state index is -0.876. The van der Waals surface area contributed by atoms with Crippen LogP contribution in [0.3, 0.4) is 0 Å². The zero-order valence-corrected chi connectivity index (χ0v) is 34.1. The van der Waals surface area contributed by atoms with E-state index in [9.17, 15) is 9.59 Å². The molecule has 2 aliphatic rings. The third-order valence-corrected chi connectivity index (χ3v) is 11.4. The molecule has 0 unspecified atom stereocenters. The van der Waals surface area contributed by atoms with E-state index in [1.54, 1.807) is 24.3 Å². The Morgan fingerprint density at radius 3 is 1.57 bits per heavy atom. The predicted molar refractivity (Wildman–Crippen MR) is 238 cm³/mol. The van der Waals surface area contributed by atoms with E-state index < -0.39 is 11.9 Å². The Hall–Kier alpha value is -6.26. The predicted octanol–water partition coefficient (Wildman–Crippen LogP) is 12.2. The van der Waals surface area contributed by atoms with Gasteiger partial charge in [-0.15, -0.1) is 0 Å². The van der Waals surface area contributed by atoms with Crippen molar-refractivity contribution in [2.24, 2.45) is 0 Å². The maximum absolute atomic E-state index is 11.0. The SMILES string of the molecule is Cc1cc(C)cc(C=C2CCc3cccc(CCc4ccc(C(=O)O)cc4)c32)c1.Cc1cc(C)cc(CC2=CCc3cccc(CCc4ccc(C(=O)O)cc4)c32)c1. The summed E-state index contributed by atoms with van der Waals surface area (Å²) in [7, 11) is 0. The Morgan fingerprint density at radius 1 is 0.534 bits per heavy atom. The van der Waals surface area contributed by atoms with Crippen molar-refractivity contribution in [3.63, 3.8) is 0 Å². The molecule has 0 spiro atoms. The second-order valence-electron chi connectivity index (χ2n) is 16.1. The summed E-state index contributed by atoms with van der Waals surface area (Å²) < 4.78 is 0. The molecule has 4 heteroatoms. The number of fused-ring (bicyclic) bond motifs is 2. The Morgan fingerprint density at radius 2 is 1.03 bits per heavy atom. The van der Waals surface area contributed by atoms with Gasteiger partial charge in [-0.25, -0.2) is 9.59 Å². The van der Waals surface area contributed by atoms with Crippen LogP contribution in [0.5, 0.6) is 0 Å². The molecule has 2 N–H and O–H groups in total. The largest absolute Gasteiger partial charge is 0.478 e. The number of aryl methyl sites for hydroxylation is 9. The molecule has 58 heavy (non-hydrogen) atoms. The number of aromatic carboxylic acids is 2. The van der Waals surface area contributed by atoms with E-state index in [4.69, 9.17) is 10.2 Å². The van der Waals surface area contributed by atoms with E-state index in [0.29, 0.717) is 11.1 Å². The van der Waals surface area contributed by atoms with Crippen LogP contribution in [0.2, 0.25) is 0 Å². The van der Waals surface area contributed by atoms with Gasteiger partial charge in [0.2, 0.25) is 0 Å². The minimum absolute atomic E-state index is 0.341. The van der Waals surface area contributed by atoms with E-state index in [2.05, 4.69) is 113 Å². The number of allylic oxidation sites excluding steroid dienone is 3. The van der Waals surface area contributed by atoms with Gasteiger partial charge in [0.15, 0.2) is 0 Å². The van der Waals surface area contributed by atoms with Gasteiger partial charge in [-0.05, 0) is 170 Å². The standard InChI is InChI=1S/2C27H26O2/c2*1-18-14-19(2)16-21(15-18)17-25-13-12-23-5-3-4-22(26(23)25)9-6-20-7-10-24(11-8-20)27(28)29/h3-5,7-8,10-11,14-17H,6,9,12-13H2,1-2H3,(H,28,29);3-5,7-8,10-11,13-16H,6,9,12,17H2,1-2H3,(H,28,29). The fourth-order valence-electron chi connectivity index (χ4n) is 8.83. The number of carboxylic acids is 2. The minimum Gasteiger partial charge on any atom is -0.478 e. The van der Waals surface area contributed by atoms with Crippen molar-refractivity contribution in [3.8, 4) is 0 Å². The van der Waals surface area contributed by atoms with Crippen LogP contribution in [-0.2, 0) is 44.9 Å². The van der Waals surface area contributed by atoms with Gasteiger partial charge in [-0.3, -0.25) is 0 Å². The molecule has 0 radical (unpaired) electrons. The zero-order chi connectivity index (χ0) is 40.8. The summed E-state index contributed by atoms with van der Waals surface area (Å²) in [6, 6.07) is 41.3. The van der Waals surface area contributed by atoms with E-state index in [0.717, 1.165) is 51.4 Å². The molecule has 0 heterocycles. The van der Waals surface area contributed by atoms with Gasteiger partial charge in [-0.2, -0.15) is 0 Å². The fraction of sp³-hybridized carbons (Fsp3) is 0.222. The van der Waals surface area contributed by atoms with Crippen molar-refractivity contribution >= 4 is 29.2 Å². The molecule has 0 bridgehead atoms. The van der Waals surface area contributed by atoms with Crippen LogP contribution in [0.15, 0.2) is 127 Å². The van der Waals surface area contributed by atoms with Gasteiger partial charge < -0.3 is 10.2 Å². The molecule has 292 valence electrons. The van der Waals surface area contributed by atoms with Crippen LogP contribution in [0.1, 0.15) is 105 Å². The molecule has 4 nitrogen and oxygen atoms in total. The van der Waals surface area contributed by atoms with Crippen molar-refractivity contribution < 1.29 is 19.8 Å². The van der Waals surface area contributed by atoms with E-state index in [1.165, 1.54) is 89.0 Å². The lowest BCUT2D eigenvalue weighted by molar-refractivity contribution is 0.0686. The lowest BCUT2D eigenvalue weighted by Gasteiger charge is -2.14. The molecule has 2 aliphatic carbocycles. The Labute approximate surface area is 343 Å². The van der Waals surface area contributed by atoms with E-state index >= 15 is 0 Å². The monoisotopic (exact) mass is 764 g/mol. The fourth-order valence-corrected chi connectivity index (χ4v) is 8.83. The first-order chi connectivity index (χ1) is 28.0. The normalized spacial score (nSPS) is 13.4. The number of benzene rings is 6. The van der Waals surface area contributed by atoms with Crippen molar-refractivity contribution in [1.82, 2.24) is 0 Å². The van der Waals surface area contributed by atoms with E-state index in [-0.39, 0.29) is 0 Å². The molecule has 0 aromatic heterocycles. The molecular formula is C54H52O4. The molecule has 0 saturated carbocycles. The second kappa shape index (κ2) is 17.9. The van der Waals surface area contributed by atoms with Crippen LogP contribution in [0.25, 0.3) is 17.2 Å². The average Bonchev–Trinajstić information content (AvgIpc) is 3.80. The van der Waals surface area contributed by atoms with Crippen molar-refractivity contribution in [3.05, 3.63) is 216 Å². The first-order valence-corrected chi connectivity index (χ1v) is 20.4. The van der Waals surface area contributed by atoms with Crippen LogP contribution < -0.4 is 0 Å². The smallest absolute Gasteiger partial charge is 0.335 e. The highest BCUT2D eigenvalue weighted by Crippen LogP contribution is 2.37. The number of hydrogen-bond donors (Lipinski definition) is 2. The molecule has 6 aromatic carbocycles. The molecule has 0 aliphatic heterocycles. The second-order valence-corrected chi connectivity index (χ2v) is 16.1. The van der Waals surface area contributed by atoms with Crippen LogP contribution in [0, 0.1) is 27.7 Å². The third-order valence-electron chi connectivity index (χ3n) is 11.4. The van der Waals surface area contributed by atoms with Crippen molar-refractivity contribution in [2.45, 2.75) is 79.1 Å². The molecule has 8 rings (SSSR count). The number of hydrogen-bond acceptors (Lipinski definition) is 2. The van der Waals surface area contributed by atoms with E-state index in [1.807, 2.05) is 24.3 Å². The summed E-state index contributed by atoms with van der Waals surface area (Å²) in [4.78, 5) is 22.1. The van der Waals surface area contributed by atoms with Gasteiger partial charge in [0.05, 0.1) is 11.1 Å². The molecular weight excluding hydrogens is 713 g/mol. The van der Waals surface area contributed by atoms with Gasteiger partial charge >= 0.3 is 11.9 Å². The van der Waals surface area contributed by atoms with Gasteiger partial charge in [-0.1, -0.05) is 131 Å². The first kappa shape index (κ1) is 40.0. The van der Waals surface area contributed by atoms with Crippen molar-refractivity contribution in [1.29, 1.82) is 0 Å². The molecule has 0 amide bonds. The summed E-state index contributed by atoms with van der Waals surface area (Å²) in [5.74, 6) is -1.75. The van der Waals surface area contributed by atoms with Gasteiger partial charge in [0.1, 0.15) is 0 Å². The van der Waals surface area contributed by atoms with Gasteiger partial charge in [0.25, 0.3) is 0 Å². The van der Waals surface area contributed by atoms with Crippen molar-refractivity contribution in [2.75, 3.05) is 0 Å². The zero-order valence-electron chi connectivity index (χ0n) is 34.1. The van der Waals surface area contributed by atoms with Gasteiger partial charge in [0, 0.05) is 0 Å². The summed E-state index contributed by atoms with van der Waals surface area (Å²) in [6.45, 7) is 8.63. The highest BCUT2D eigenvalue weighted by Gasteiger charge is 2.20. The Bertz CT molecular complexity index is 2490. The third kappa shape index (κ3) is 9.81. The number of carboxylic acid groups (broad SMARTS) is 2. The Kier molecular flexibility index (Phi) is 12.3. The maximum Gasteiger partial charge on any atom is 0.335 e. The summed E-state index contributed by atoms with van der Waals surface area (Å²) in [5, 5.41) is 18.1. The van der Waals surface area contributed by atoms with Crippen LogP contribution >= 0.6 is 0 Å². The maximum atomic E-state index is 11.0. The quantitative estimate of drug-likeness (QED) is 0.138. The average molecular weight is 765 g/mol. The molecule has 6 aromatic rings. The summed E-state index contributed by atoms with van der Waals surface area (Å²) in [6.07, 6.45) is 12.7. The molecule has 0 atom stereocenters. The molecule has 0 saturated heterocycles. The highest BCUT2D eigenvalue weighted by molar-refractivity contribution is 5.88. The molecule has 0 fully saturated rings.